The Morgan fingerprint density at radius 1 is 0.857 bits per heavy atom. The van der Waals surface area contributed by atoms with Gasteiger partial charge in [0.1, 0.15) is 0 Å². The predicted octanol–water partition coefficient (Wildman–Crippen LogP) is 4.39. The van der Waals surface area contributed by atoms with Crippen LogP contribution in [-0.4, -0.2) is 37.1 Å². The molecule has 0 fully saturated rings. The highest BCUT2D eigenvalue weighted by atomic mass is 16.1. The molecule has 3 aromatic carbocycles. The van der Waals surface area contributed by atoms with Crippen LogP contribution in [0.25, 0.3) is 32.8 Å². The van der Waals surface area contributed by atoms with Gasteiger partial charge in [-0.15, -0.1) is 0 Å². The van der Waals surface area contributed by atoms with E-state index in [0.717, 1.165) is 35.3 Å². The molecular formula is C24H23N3O. The Kier molecular flexibility index (Phi) is 5.04. The lowest BCUT2D eigenvalue weighted by Crippen LogP contribution is -2.20. The standard InChI is InChI=1S/C24H23N3O/c1-27(2)14-13-25-22-10-6-9-20-19(22)11-12-23-21(24(20)28)15-18(16-26-23)17-7-4-3-5-8-17/h3-12,15-16,25H,13-14H2,1-2H3. The van der Waals surface area contributed by atoms with Gasteiger partial charge in [0.2, 0.25) is 0 Å². The number of fused-ring (bicyclic) bond motifs is 2. The Morgan fingerprint density at radius 2 is 1.68 bits per heavy atom. The van der Waals surface area contributed by atoms with Crippen LogP contribution in [0.15, 0.2) is 77.7 Å². The number of likely N-dealkylation sites (N-methyl/N-ethyl adjacent to an activating group) is 1. The zero-order valence-electron chi connectivity index (χ0n) is 16.1. The van der Waals surface area contributed by atoms with Gasteiger partial charge in [-0.1, -0.05) is 42.5 Å². The molecule has 1 N–H and O–H groups in total. The fourth-order valence-corrected chi connectivity index (χ4v) is 3.40. The third-order valence-electron chi connectivity index (χ3n) is 4.90. The predicted molar refractivity (Wildman–Crippen MR) is 118 cm³/mol. The van der Waals surface area contributed by atoms with E-state index in [1.54, 1.807) is 0 Å². The van der Waals surface area contributed by atoms with Crippen molar-refractivity contribution in [3.63, 3.8) is 0 Å². The fourth-order valence-electron chi connectivity index (χ4n) is 3.40. The smallest absolute Gasteiger partial charge is 0.195 e. The third-order valence-corrected chi connectivity index (χ3v) is 4.90. The number of pyridine rings is 1. The van der Waals surface area contributed by atoms with Gasteiger partial charge in [-0.2, -0.15) is 0 Å². The van der Waals surface area contributed by atoms with Crippen molar-refractivity contribution in [2.45, 2.75) is 0 Å². The van der Waals surface area contributed by atoms with Crippen molar-refractivity contribution in [2.75, 3.05) is 32.5 Å². The van der Waals surface area contributed by atoms with Crippen LogP contribution in [0.2, 0.25) is 0 Å². The van der Waals surface area contributed by atoms with Gasteiger partial charge in [0, 0.05) is 46.7 Å². The van der Waals surface area contributed by atoms with E-state index < -0.39 is 0 Å². The van der Waals surface area contributed by atoms with Gasteiger partial charge in [0.25, 0.3) is 0 Å². The highest BCUT2D eigenvalue weighted by Crippen LogP contribution is 2.25. The minimum atomic E-state index is 0.0107. The number of nitrogens with one attached hydrogen (secondary N) is 1. The molecule has 1 aromatic heterocycles. The lowest BCUT2D eigenvalue weighted by Gasteiger charge is -2.12. The molecule has 4 heteroatoms. The van der Waals surface area contributed by atoms with E-state index in [1.165, 1.54) is 0 Å². The Balaban J connectivity index is 1.87. The van der Waals surface area contributed by atoms with Crippen LogP contribution < -0.4 is 10.7 Å². The van der Waals surface area contributed by atoms with E-state index in [4.69, 9.17) is 0 Å². The zero-order valence-corrected chi connectivity index (χ0v) is 16.1. The molecule has 4 nitrogen and oxygen atoms in total. The Morgan fingerprint density at radius 3 is 2.46 bits per heavy atom. The molecule has 0 aliphatic rings. The molecule has 4 rings (SSSR count). The molecule has 1 heterocycles. The van der Waals surface area contributed by atoms with E-state index in [-0.39, 0.29) is 5.43 Å². The monoisotopic (exact) mass is 369 g/mol. The first-order valence-electron chi connectivity index (χ1n) is 9.43. The number of anilines is 1. The van der Waals surface area contributed by atoms with Crippen molar-refractivity contribution in [1.82, 2.24) is 9.88 Å². The van der Waals surface area contributed by atoms with Gasteiger partial charge in [0.05, 0.1) is 5.52 Å². The average molecular weight is 369 g/mol. The summed E-state index contributed by atoms with van der Waals surface area (Å²) in [4.78, 5) is 20.0. The topological polar surface area (TPSA) is 45.2 Å². The molecular weight excluding hydrogens is 346 g/mol. The Hall–Kier alpha value is -3.24. The van der Waals surface area contributed by atoms with Crippen molar-refractivity contribution in [1.29, 1.82) is 0 Å². The summed E-state index contributed by atoms with van der Waals surface area (Å²) in [6.45, 7) is 1.73. The highest BCUT2D eigenvalue weighted by molar-refractivity contribution is 5.99. The first kappa shape index (κ1) is 18.1. The van der Waals surface area contributed by atoms with Gasteiger partial charge >= 0.3 is 0 Å². The van der Waals surface area contributed by atoms with Crippen LogP contribution in [0, 0.1) is 0 Å². The normalized spacial score (nSPS) is 11.2. The minimum absolute atomic E-state index is 0.0107. The number of hydrogen-bond donors (Lipinski definition) is 1. The third kappa shape index (κ3) is 3.59. The van der Waals surface area contributed by atoms with Crippen molar-refractivity contribution in [2.24, 2.45) is 0 Å². The molecule has 0 radical (unpaired) electrons. The molecule has 0 unspecified atom stereocenters. The Bertz CT molecular complexity index is 1190. The summed E-state index contributed by atoms with van der Waals surface area (Å²) in [6, 6.07) is 21.7. The lowest BCUT2D eigenvalue weighted by molar-refractivity contribution is 0.425. The molecule has 0 bridgehead atoms. The summed E-state index contributed by atoms with van der Waals surface area (Å²) in [7, 11) is 4.09. The number of hydrogen-bond acceptors (Lipinski definition) is 4. The molecule has 28 heavy (non-hydrogen) atoms. The number of nitrogens with zero attached hydrogens (tertiary/aromatic N) is 2. The molecule has 4 aromatic rings. The summed E-state index contributed by atoms with van der Waals surface area (Å²) in [6.07, 6.45) is 1.83. The van der Waals surface area contributed by atoms with Gasteiger partial charge in [-0.3, -0.25) is 9.78 Å². The summed E-state index contributed by atoms with van der Waals surface area (Å²) in [5.74, 6) is 0. The number of aromatic nitrogens is 1. The maximum atomic E-state index is 13.3. The quantitative estimate of drug-likeness (QED) is 0.567. The molecule has 0 atom stereocenters. The van der Waals surface area contributed by atoms with Crippen LogP contribution >= 0.6 is 0 Å². The second kappa shape index (κ2) is 7.79. The largest absolute Gasteiger partial charge is 0.383 e. The second-order valence-electron chi connectivity index (χ2n) is 7.18. The minimum Gasteiger partial charge on any atom is -0.383 e. The Labute approximate surface area is 164 Å². The maximum absolute atomic E-state index is 13.3. The average Bonchev–Trinajstić information content (AvgIpc) is 2.86. The van der Waals surface area contributed by atoms with Gasteiger partial charge in [-0.05, 0) is 43.9 Å². The van der Waals surface area contributed by atoms with Crippen LogP contribution in [0.4, 0.5) is 5.69 Å². The molecule has 0 aliphatic carbocycles. The van der Waals surface area contributed by atoms with Crippen molar-refractivity contribution < 1.29 is 0 Å². The van der Waals surface area contributed by atoms with Crippen molar-refractivity contribution in [3.8, 4) is 11.1 Å². The summed E-state index contributed by atoms with van der Waals surface area (Å²) in [5, 5.41) is 5.72. The van der Waals surface area contributed by atoms with E-state index in [9.17, 15) is 4.79 Å². The van der Waals surface area contributed by atoms with Crippen LogP contribution in [0.5, 0.6) is 0 Å². The van der Waals surface area contributed by atoms with Crippen molar-refractivity contribution >= 4 is 27.4 Å². The van der Waals surface area contributed by atoms with Crippen LogP contribution in [0.1, 0.15) is 0 Å². The molecule has 0 amide bonds. The first-order valence-corrected chi connectivity index (χ1v) is 9.43. The zero-order chi connectivity index (χ0) is 19.5. The van der Waals surface area contributed by atoms with E-state index >= 15 is 0 Å². The van der Waals surface area contributed by atoms with E-state index in [0.29, 0.717) is 16.3 Å². The van der Waals surface area contributed by atoms with Crippen molar-refractivity contribution in [3.05, 3.63) is 83.2 Å². The molecule has 0 saturated heterocycles. The van der Waals surface area contributed by atoms with Gasteiger partial charge in [0.15, 0.2) is 5.43 Å². The van der Waals surface area contributed by atoms with Gasteiger partial charge < -0.3 is 10.2 Å². The molecule has 0 aliphatic heterocycles. The lowest BCUT2D eigenvalue weighted by atomic mass is 10.1. The number of rotatable bonds is 5. The van der Waals surface area contributed by atoms with E-state index in [1.807, 2.05) is 87.0 Å². The molecule has 0 saturated carbocycles. The SMILES string of the molecule is CN(C)CCNc1cccc2c(=O)c3cc(-c4ccccc4)cnc3ccc12. The fraction of sp³-hybridized carbons (Fsp3) is 0.167. The van der Waals surface area contributed by atoms with Crippen LogP contribution in [-0.2, 0) is 0 Å². The van der Waals surface area contributed by atoms with Crippen LogP contribution in [0.3, 0.4) is 0 Å². The maximum Gasteiger partial charge on any atom is 0.195 e. The second-order valence-corrected chi connectivity index (χ2v) is 7.18. The number of benzene rings is 2. The first-order chi connectivity index (χ1) is 13.6. The highest BCUT2D eigenvalue weighted by Gasteiger charge is 2.08. The summed E-state index contributed by atoms with van der Waals surface area (Å²) >= 11 is 0. The summed E-state index contributed by atoms with van der Waals surface area (Å²) < 4.78 is 0. The van der Waals surface area contributed by atoms with E-state index in [2.05, 4.69) is 15.2 Å². The summed E-state index contributed by atoms with van der Waals surface area (Å²) in [5.41, 5.74) is 3.69. The van der Waals surface area contributed by atoms with Gasteiger partial charge in [-0.25, -0.2) is 0 Å². The molecule has 0 spiro atoms. The molecule has 140 valence electrons.